The van der Waals surface area contributed by atoms with Crippen molar-refractivity contribution < 1.29 is 18.0 Å². The van der Waals surface area contributed by atoms with Gasteiger partial charge in [-0.2, -0.15) is 13.2 Å². The number of aryl methyl sites for hydroxylation is 1. The van der Waals surface area contributed by atoms with Gasteiger partial charge in [-0.05, 0) is 26.1 Å². The third-order valence-corrected chi connectivity index (χ3v) is 2.97. The molecule has 1 N–H and O–H groups in total. The van der Waals surface area contributed by atoms with Crippen LogP contribution in [0, 0.1) is 0 Å². The molecule has 0 aliphatic carbocycles. The molecule has 0 radical (unpaired) electrons. The van der Waals surface area contributed by atoms with Crippen molar-refractivity contribution in [2.45, 2.75) is 25.6 Å². The summed E-state index contributed by atoms with van der Waals surface area (Å²) in [5.41, 5.74) is -0.177. The maximum atomic E-state index is 12.1. The lowest BCUT2D eigenvalue weighted by atomic mass is 10.3. The van der Waals surface area contributed by atoms with Gasteiger partial charge in [0, 0.05) is 31.8 Å². The zero-order chi connectivity index (χ0) is 16.6. The fourth-order valence-corrected chi connectivity index (χ4v) is 1.92. The Bertz CT molecular complexity index is 529. The van der Waals surface area contributed by atoms with Crippen molar-refractivity contribution in [1.82, 2.24) is 14.8 Å². The Labute approximate surface area is 126 Å². The molecule has 1 heterocycles. The van der Waals surface area contributed by atoms with Crippen molar-refractivity contribution >= 4 is 5.91 Å². The maximum absolute atomic E-state index is 12.1. The van der Waals surface area contributed by atoms with Crippen LogP contribution in [-0.2, 0) is 11.3 Å². The topological polar surface area (TPSA) is 54.3 Å². The van der Waals surface area contributed by atoms with Crippen LogP contribution < -0.4 is 10.9 Å². The average molecular weight is 319 g/mol. The van der Waals surface area contributed by atoms with Crippen molar-refractivity contribution in [3.8, 4) is 0 Å². The van der Waals surface area contributed by atoms with Crippen molar-refractivity contribution in [2.24, 2.45) is 0 Å². The summed E-state index contributed by atoms with van der Waals surface area (Å²) < 4.78 is 37.7. The van der Waals surface area contributed by atoms with Crippen LogP contribution in [0.15, 0.2) is 29.2 Å². The van der Waals surface area contributed by atoms with E-state index in [1.807, 2.05) is 0 Å². The number of hydrogen-bond donors (Lipinski definition) is 1. The fourth-order valence-electron chi connectivity index (χ4n) is 1.92. The minimum Gasteiger partial charge on any atom is -0.356 e. The molecule has 1 amide bonds. The largest absolute Gasteiger partial charge is 0.401 e. The molecule has 0 aromatic carbocycles. The molecule has 0 bridgehead atoms. The lowest BCUT2D eigenvalue weighted by molar-refractivity contribution is -0.143. The van der Waals surface area contributed by atoms with Gasteiger partial charge < -0.3 is 9.88 Å². The van der Waals surface area contributed by atoms with Crippen molar-refractivity contribution in [1.29, 1.82) is 0 Å². The molecule has 0 spiro atoms. The second-order valence-corrected chi connectivity index (χ2v) is 5.04. The monoisotopic (exact) mass is 319 g/mol. The van der Waals surface area contributed by atoms with E-state index < -0.39 is 12.7 Å². The molecule has 0 aliphatic heterocycles. The van der Waals surface area contributed by atoms with Crippen LogP contribution in [0.1, 0.15) is 12.8 Å². The molecule has 0 unspecified atom stereocenters. The zero-order valence-corrected chi connectivity index (χ0v) is 12.4. The Morgan fingerprint density at radius 1 is 1.36 bits per heavy atom. The number of halogens is 3. The molecular formula is C14H20F3N3O2. The van der Waals surface area contributed by atoms with Gasteiger partial charge in [0.05, 0.1) is 6.54 Å². The molecule has 0 atom stereocenters. The first-order valence-corrected chi connectivity index (χ1v) is 6.95. The standard InChI is InChI=1S/C14H20F3N3O2/c1-19(11-14(15,16)17)8-4-7-18-12(21)6-10-20-9-3-2-5-13(20)22/h2-3,5,9H,4,6-8,10-11H2,1H3,(H,18,21). The number of nitrogens with zero attached hydrogens (tertiary/aromatic N) is 2. The van der Waals surface area contributed by atoms with E-state index in [1.54, 1.807) is 18.3 Å². The summed E-state index contributed by atoms with van der Waals surface area (Å²) >= 11 is 0. The average Bonchev–Trinajstić information content (AvgIpc) is 2.41. The van der Waals surface area contributed by atoms with Gasteiger partial charge in [0.1, 0.15) is 0 Å². The second kappa shape index (κ2) is 8.57. The molecule has 0 fully saturated rings. The SMILES string of the molecule is CN(CCCNC(=O)CCn1ccccc1=O)CC(F)(F)F. The number of alkyl halides is 3. The molecule has 8 heteroatoms. The summed E-state index contributed by atoms with van der Waals surface area (Å²) in [6, 6.07) is 4.74. The van der Waals surface area contributed by atoms with E-state index in [2.05, 4.69) is 5.32 Å². The summed E-state index contributed by atoms with van der Waals surface area (Å²) in [5.74, 6) is -0.228. The van der Waals surface area contributed by atoms with Crippen LogP contribution in [0.2, 0.25) is 0 Å². The van der Waals surface area contributed by atoms with Crippen molar-refractivity contribution in [2.75, 3.05) is 26.7 Å². The number of carbonyl (C=O) groups is 1. The van der Waals surface area contributed by atoms with Gasteiger partial charge in [0.2, 0.25) is 5.91 Å². The van der Waals surface area contributed by atoms with Gasteiger partial charge >= 0.3 is 6.18 Å². The minimum absolute atomic E-state index is 0.155. The molecule has 1 aromatic rings. The summed E-state index contributed by atoms with van der Waals surface area (Å²) in [4.78, 5) is 24.2. The number of rotatable bonds is 8. The predicted molar refractivity (Wildman–Crippen MR) is 76.5 cm³/mol. The highest BCUT2D eigenvalue weighted by molar-refractivity contribution is 5.75. The van der Waals surface area contributed by atoms with E-state index >= 15 is 0 Å². The first-order valence-electron chi connectivity index (χ1n) is 6.95. The Morgan fingerprint density at radius 3 is 2.73 bits per heavy atom. The predicted octanol–water partition coefficient (Wildman–Crippen LogP) is 1.24. The highest BCUT2D eigenvalue weighted by Gasteiger charge is 2.28. The quantitative estimate of drug-likeness (QED) is 0.734. The van der Waals surface area contributed by atoms with E-state index in [0.29, 0.717) is 13.0 Å². The van der Waals surface area contributed by atoms with Crippen molar-refractivity contribution in [3.63, 3.8) is 0 Å². The van der Waals surface area contributed by atoms with E-state index in [9.17, 15) is 22.8 Å². The van der Waals surface area contributed by atoms with E-state index in [-0.39, 0.29) is 31.0 Å². The Balaban J connectivity index is 2.16. The zero-order valence-electron chi connectivity index (χ0n) is 12.4. The van der Waals surface area contributed by atoms with Gasteiger partial charge in [-0.15, -0.1) is 0 Å². The molecule has 0 aliphatic rings. The molecule has 0 saturated carbocycles. The highest BCUT2D eigenvalue weighted by Crippen LogP contribution is 2.15. The first kappa shape index (κ1) is 18.2. The lowest BCUT2D eigenvalue weighted by Gasteiger charge is -2.18. The van der Waals surface area contributed by atoms with Crippen LogP contribution in [0.5, 0.6) is 0 Å². The minimum atomic E-state index is -4.21. The smallest absolute Gasteiger partial charge is 0.356 e. The molecule has 22 heavy (non-hydrogen) atoms. The summed E-state index contributed by atoms with van der Waals surface area (Å²) in [6.07, 6.45) is -2.02. The molecule has 0 saturated heterocycles. The van der Waals surface area contributed by atoms with Crippen LogP contribution in [0.4, 0.5) is 13.2 Å². The van der Waals surface area contributed by atoms with Crippen molar-refractivity contribution in [3.05, 3.63) is 34.7 Å². The molecule has 124 valence electrons. The number of hydrogen-bond acceptors (Lipinski definition) is 3. The van der Waals surface area contributed by atoms with E-state index in [1.165, 1.54) is 17.7 Å². The van der Waals surface area contributed by atoms with Gasteiger partial charge in [0.25, 0.3) is 5.56 Å². The van der Waals surface area contributed by atoms with Crippen LogP contribution in [-0.4, -0.2) is 48.2 Å². The number of carbonyl (C=O) groups excluding carboxylic acids is 1. The third kappa shape index (κ3) is 7.82. The third-order valence-electron chi connectivity index (χ3n) is 2.97. The summed E-state index contributed by atoms with van der Waals surface area (Å²) in [7, 11) is 1.39. The summed E-state index contributed by atoms with van der Waals surface area (Å²) in [6.45, 7) is -0.125. The van der Waals surface area contributed by atoms with Gasteiger partial charge in [-0.1, -0.05) is 6.07 Å². The van der Waals surface area contributed by atoms with Gasteiger partial charge in [-0.3, -0.25) is 14.5 Å². The Morgan fingerprint density at radius 2 is 2.09 bits per heavy atom. The molecule has 5 nitrogen and oxygen atoms in total. The second-order valence-electron chi connectivity index (χ2n) is 5.04. The Hall–Kier alpha value is -1.83. The lowest BCUT2D eigenvalue weighted by Crippen LogP contribution is -2.34. The molecule has 1 aromatic heterocycles. The molecule has 1 rings (SSSR count). The number of pyridine rings is 1. The normalized spacial score (nSPS) is 11.7. The van der Waals surface area contributed by atoms with Crippen LogP contribution in [0.25, 0.3) is 0 Å². The number of nitrogens with one attached hydrogen (secondary N) is 1. The van der Waals surface area contributed by atoms with Crippen LogP contribution in [0.3, 0.4) is 0 Å². The number of aromatic nitrogens is 1. The summed E-state index contributed by atoms with van der Waals surface area (Å²) in [5, 5.41) is 2.63. The first-order chi connectivity index (χ1) is 10.3. The number of amides is 1. The molecular weight excluding hydrogens is 299 g/mol. The maximum Gasteiger partial charge on any atom is 0.401 e. The van der Waals surface area contributed by atoms with Gasteiger partial charge in [-0.25, -0.2) is 0 Å². The Kier molecular flexibility index (Phi) is 7.10. The van der Waals surface area contributed by atoms with E-state index in [4.69, 9.17) is 0 Å². The fraction of sp³-hybridized carbons (Fsp3) is 0.571. The van der Waals surface area contributed by atoms with E-state index in [0.717, 1.165) is 4.90 Å². The van der Waals surface area contributed by atoms with Crippen LogP contribution >= 0.6 is 0 Å². The highest BCUT2D eigenvalue weighted by atomic mass is 19.4. The van der Waals surface area contributed by atoms with Gasteiger partial charge in [0.15, 0.2) is 0 Å².